The normalized spacial score (nSPS) is 21.8. The third kappa shape index (κ3) is 4.48. The van der Waals surface area contributed by atoms with Crippen LogP contribution in [0.1, 0.15) is 27.6 Å². The standard InChI is InChI=1S/C22H25ClN2O4S/c23-20-4-2-1-3-19(20)21-9-10-25(13-16-30(21,27)28)22(26)17-5-7-18(8-6-17)24-11-14-29-15-12-24/h1-8,21H,9-16H2. The molecule has 1 unspecified atom stereocenters. The minimum atomic E-state index is -3.40. The summed E-state index contributed by atoms with van der Waals surface area (Å²) in [5, 5.41) is -0.239. The Balaban J connectivity index is 1.48. The Bertz CT molecular complexity index is 1000. The van der Waals surface area contributed by atoms with Gasteiger partial charge in [0.25, 0.3) is 5.91 Å². The molecule has 2 fully saturated rings. The molecule has 6 nitrogen and oxygen atoms in total. The first kappa shape index (κ1) is 21.2. The molecule has 160 valence electrons. The Hall–Kier alpha value is -2.09. The Labute approximate surface area is 182 Å². The van der Waals surface area contributed by atoms with Crippen molar-refractivity contribution in [2.75, 3.05) is 50.0 Å². The topological polar surface area (TPSA) is 66.9 Å². The zero-order valence-corrected chi connectivity index (χ0v) is 18.2. The van der Waals surface area contributed by atoms with Gasteiger partial charge < -0.3 is 14.5 Å². The average Bonchev–Trinajstić information content (AvgIpc) is 2.92. The van der Waals surface area contributed by atoms with Crippen LogP contribution in [0.3, 0.4) is 0 Å². The average molecular weight is 449 g/mol. The molecule has 0 radical (unpaired) electrons. The van der Waals surface area contributed by atoms with Gasteiger partial charge in [-0.25, -0.2) is 8.42 Å². The third-order valence-corrected chi connectivity index (χ3v) is 8.22. The number of sulfone groups is 1. The quantitative estimate of drug-likeness (QED) is 0.721. The monoisotopic (exact) mass is 448 g/mol. The van der Waals surface area contributed by atoms with E-state index in [9.17, 15) is 13.2 Å². The molecule has 0 aromatic heterocycles. The third-order valence-electron chi connectivity index (χ3n) is 5.77. The van der Waals surface area contributed by atoms with E-state index in [2.05, 4.69) is 4.90 Å². The first-order chi connectivity index (χ1) is 14.5. The van der Waals surface area contributed by atoms with Gasteiger partial charge >= 0.3 is 0 Å². The molecule has 0 N–H and O–H groups in total. The lowest BCUT2D eigenvalue weighted by molar-refractivity contribution is 0.0766. The van der Waals surface area contributed by atoms with Gasteiger partial charge in [-0.3, -0.25) is 4.79 Å². The van der Waals surface area contributed by atoms with Crippen molar-refractivity contribution in [1.29, 1.82) is 0 Å². The van der Waals surface area contributed by atoms with Crippen LogP contribution >= 0.6 is 11.6 Å². The Morgan fingerprint density at radius 2 is 1.67 bits per heavy atom. The lowest BCUT2D eigenvalue weighted by atomic mass is 10.1. The fraction of sp³-hybridized carbons (Fsp3) is 0.409. The molecule has 0 bridgehead atoms. The van der Waals surface area contributed by atoms with E-state index in [0.717, 1.165) is 18.8 Å². The predicted molar refractivity (Wildman–Crippen MR) is 118 cm³/mol. The van der Waals surface area contributed by atoms with Crippen molar-refractivity contribution >= 4 is 33.0 Å². The summed E-state index contributed by atoms with van der Waals surface area (Å²) in [5.74, 6) is -0.209. The molecule has 1 amide bonds. The number of carbonyl (C=O) groups is 1. The number of anilines is 1. The van der Waals surface area contributed by atoms with Crippen LogP contribution in [0, 0.1) is 0 Å². The summed E-state index contributed by atoms with van der Waals surface area (Å²) in [6.45, 7) is 3.64. The molecule has 1 atom stereocenters. The number of hydrogen-bond donors (Lipinski definition) is 0. The summed E-state index contributed by atoms with van der Waals surface area (Å²) in [6, 6.07) is 14.6. The van der Waals surface area contributed by atoms with Crippen molar-refractivity contribution in [2.24, 2.45) is 0 Å². The molecule has 2 aliphatic heterocycles. The lowest BCUT2D eigenvalue weighted by Gasteiger charge is -2.29. The highest BCUT2D eigenvalue weighted by Crippen LogP contribution is 2.34. The van der Waals surface area contributed by atoms with E-state index in [0.29, 0.717) is 42.3 Å². The number of carbonyl (C=O) groups excluding carboxylic acids is 1. The molecule has 8 heteroatoms. The summed E-state index contributed by atoms with van der Waals surface area (Å²) in [4.78, 5) is 16.9. The Kier molecular flexibility index (Phi) is 6.32. The molecule has 4 rings (SSSR count). The van der Waals surface area contributed by atoms with E-state index in [4.69, 9.17) is 16.3 Å². The number of benzene rings is 2. The molecular weight excluding hydrogens is 424 g/mol. The van der Waals surface area contributed by atoms with Crippen LogP contribution in [0.2, 0.25) is 5.02 Å². The maximum atomic E-state index is 13.0. The summed E-state index contributed by atoms with van der Waals surface area (Å²) in [7, 11) is -3.40. The number of rotatable bonds is 3. The minimum Gasteiger partial charge on any atom is -0.378 e. The van der Waals surface area contributed by atoms with Crippen molar-refractivity contribution < 1.29 is 17.9 Å². The summed E-state index contributed by atoms with van der Waals surface area (Å²) >= 11 is 6.26. The highest BCUT2D eigenvalue weighted by molar-refractivity contribution is 7.91. The Morgan fingerprint density at radius 3 is 2.37 bits per heavy atom. The molecule has 30 heavy (non-hydrogen) atoms. The van der Waals surface area contributed by atoms with Crippen LogP contribution in [-0.4, -0.2) is 64.4 Å². The summed E-state index contributed by atoms with van der Waals surface area (Å²) in [5.41, 5.74) is 2.25. The number of amides is 1. The van der Waals surface area contributed by atoms with Crippen LogP contribution < -0.4 is 4.90 Å². The lowest BCUT2D eigenvalue weighted by Crippen LogP contribution is -2.36. The number of nitrogens with zero attached hydrogens (tertiary/aromatic N) is 2. The number of morpholine rings is 1. The number of halogens is 1. The minimum absolute atomic E-state index is 0.0690. The van der Waals surface area contributed by atoms with Gasteiger partial charge in [0.2, 0.25) is 0 Å². The highest BCUT2D eigenvalue weighted by Gasteiger charge is 2.34. The van der Waals surface area contributed by atoms with E-state index in [-0.39, 0.29) is 18.2 Å². The maximum absolute atomic E-state index is 13.0. The van der Waals surface area contributed by atoms with Crippen molar-refractivity contribution in [1.82, 2.24) is 4.90 Å². The van der Waals surface area contributed by atoms with Crippen molar-refractivity contribution in [3.05, 3.63) is 64.7 Å². The first-order valence-corrected chi connectivity index (χ1v) is 12.2. The maximum Gasteiger partial charge on any atom is 0.253 e. The van der Waals surface area contributed by atoms with Crippen LogP contribution in [0.15, 0.2) is 48.5 Å². The van der Waals surface area contributed by atoms with Crippen LogP contribution in [-0.2, 0) is 14.6 Å². The van der Waals surface area contributed by atoms with Gasteiger partial charge in [-0.05, 0) is 42.3 Å². The second-order valence-corrected chi connectivity index (χ2v) is 10.3. The zero-order valence-electron chi connectivity index (χ0n) is 16.7. The van der Waals surface area contributed by atoms with Crippen LogP contribution in [0.4, 0.5) is 5.69 Å². The van der Waals surface area contributed by atoms with Gasteiger partial charge in [-0.15, -0.1) is 0 Å². The van der Waals surface area contributed by atoms with E-state index < -0.39 is 15.1 Å². The van der Waals surface area contributed by atoms with E-state index in [1.807, 2.05) is 24.3 Å². The first-order valence-electron chi connectivity index (χ1n) is 10.1. The van der Waals surface area contributed by atoms with E-state index in [1.54, 1.807) is 29.2 Å². The van der Waals surface area contributed by atoms with Crippen molar-refractivity contribution in [3.8, 4) is 0 Å². The van der Waals surface area contributed by atoms with E-state index in [1.165, 1.54) is 0 Å². The summed E-state index contributed by atoms with van der Waals surface area (Å²) in [6.07, 6.45) is 0.337. The van der Waals surface area contributed by atoms with Gasteiger partial charge in [0.05, 0.1) is 24.2 Å². The fourth-order valence-electron chi connectivity index (χ4n) is 4.05. The van der Waals surface area contributed by atoms with Crippen molar-refractivity contribution in [2.45, 2.75) is 11.7 Å². The second-order valence-electron chi connectivity index (χ2n) is 7.60. The second kappa shape index (κ2) is 8.96. The van der Waals surface area contributed by atoms with E-state index >= 15 is 0 Å². The Morgan fingerprint density at radius 1 is 0.967 bits per heavy atom. The van der Waals surface area contributed by atoms with Gasteiger partial charge in [0.1, 0.15) is 0 Å². The molecular formula is C22H25ClN2O4S. The molecule has 2 heterocycles. The predicted octanol–water partition coefficient (Wildman–Crippen LogP) is 3.18. The zero-order chi connectivity index (χ0) is 21.1. The fourth-order valence-corrected chi connectivity index (χ4v) is 6.20. The molecule has 2 aromatic carbocycles. The number of hydrogen-bond acceptors (Lipinski definition) is 5. The van der Waals surface area contributed by atoms with Gasteiger partial charge in [-0.1, -0.05) is 29.8 Å². The van der Waals surface area contributed by atoms with Crippen LogP contribution in [0.25, 0.3) is 0 Å². The van der Waals surface area contributed by atoms with Crippen molar-refractivity contribution in [3.63, 3.8) is 0 Å². The largest absolute Gasteiger partial charge is 0.378 e. The highest BCUT2D eigenvalue weighted by atomic mass is 35.5. The summed E-state index contributed by atoms with van der Waals surface area (Å²) < 4.78 is 31.1. The molecule has 0 saturated carbocycles. The number of ether oxygens (including phenoxy) is 1. The molecule has 0 spiro atoms. The van der Waals surface area contributed by atoms with Crippen LogP contribution in [0.5, 0.6) is 0 Å². The smallest absolute Gasteiger partial charge is 0.253 e. The van der Waals surface area contributed by atoms with Gasteiger partial charge in [0, 0.05) is 42.5 Å². The molecule has 2 aromatic rings. The SMILES string of the molecule is O=C(c1ccc(N2CCOCC2)cc1)N1CCC(c2ccccc2Cl)S(=O)(=O)CC1. The molecule has 2 aliphatic rings. The molecule has 2 saturated heterocycles. The van der Waals surface area contributed by atoms with Gasteiger partial charge in [-0.2, -0.15) is 0 Å². The van der Waals surface area contributed by atoms with Gasteiger partial charge in [0.15, 0.2) is 9.84 Å². The molecule has 0 aliphatic carbocycles.